The fourth-order valence-electron chi connectivity index (χ4n) is 2.77. The summed E-state index contributed by atoms with van der Waals surface area (Å²) in [7, 11) is 0. The number of nitrogens with zero attached hydrogens (tertiary/aromatic N) is 1. The van der Waals surface area contributed by atoms with E-state index < -0.39 is 0 Å². The number of hydrogen-bond donors (Lipinski definition) is 2. The van der Waals surface area contributed by atoms with E-state index in [1.54, 1.807) is 12.1 Å². The number of carbonyl (C=O) groups is 1. The summed E-state index contributed by atoms with van der Waals surface area (Å²) in [5.41, 5.74) is 6.13. The molecule has 0 aromatic heterocycles. The zero-order chi connectivity index (χ0) is 16.9. The second kappa shape index (κ2) is 9.20. The maximum atomic E-state index is 12.8. The minimum Gasteiger partial charge on any atom is -0.492 e. The van der Waals surface area contributed by atoms with Crippen molar-refractivity contribution in [2.75, 3.05) is 32.8 Å². The van der Waals surface area contributed by atoms with Gasteiger partial charge in [0, 0.05) is 19.1 Å². The molecule has 1 aromatic rings. The highest BCUT2D eigenvalue weighted by molar-refractivity contribution is 5.85. The molecule has 2 rings (SSSR count). The highest BCUT2D eigenvalue weighted by Gasteiger charge is 2.33. The van der Waals surface area contributed by atoms with Crippen molar-refractivity contribution in [2.24, 2.45) is 11.1 Å². The van der Waals surface area contributed by atoms with Crippen LogP contribution in [0.3, 0.4) is 0 Å². The smallest absolute Gasteiger partial charge is 0.234 e. The van der Waals surface area contributed by atoms with Gasteiger partial charge in [-0.2, -0.15) is 0 Å². The molecular formula is C17H27ClFN3O2. The second-order valence-electron chi connectivity index (χ2n) is 6.75. The number of nitrogens with two attached hydrogens (primary N) is 1. The van der Waals surface area contributed by atoms with E-state index in [1.165, 1.54) is 12.1 Å². The molecule has 0 bridgehead atoms. The first kappa shape index (κ1) is 20.7. The number of rotatable bonds is 6. The molecule has 1 heterocycles. The van der Waals surface area contributed by atoms with Gasteiger partial charge >= 0.3 is 0 Å². The number of likely N-dealkylation sites (tertiary alicyclic amines) is 1. The van der Waals surface area contributed by atoms with Gasteiger partial charge in [-0.15, -0.1) is 12.4 Å². The SMILES string of the molecule is CC1(C)CN(CC(=O)NCCOc2ccc(F)cc2)CCC1N.Cl. The summed E-state index contributed by atoms with van der Waals surface area (Å²) in [6.45, 7) is 7.11. The highest BCUT2D eigenvalue weighted by Crippen LogP contribution is 2.27. The maximum Gasteiger partial charge on any atom is 0.234 e. The summed E-state index contributed by atoms with van der Waals surface area (Å²) in [4.78, 5) is 14.1. The van der Waals surface area contributed by atoms with Crippen molar-refractivity contribution >= 4 is 18.3 Å². The first-order valence-corrected chi connectivity index (χ1v) is 8.00. The van der Waals surface area contributed by atoms with Crippen LogP contribution in [-0.4, -0.2) is 49.6 Å². The standard InChI is InChI=1S/C17H26FN3O2.ClH/c1-17(2)12-21(9-7-15(17)19)11-16(22)20-8-10-23-14-5-3-13(18)4-6-14;/h3-6,15H,7-12,19H2,1-2H3,(H,20,22);1H. The monoisotopic (exact) mass is 359 g/mol. The first-order valence-electron chi connectivity index (χ1n) is 8.00. The molecule has 24 heavy (non-hydrogen) atoms. The average molecular weight is 360 g/mol. The maximum absolute atomic E-state index is 12.8. The Morgan fingerprint density at radius 1 is 1.42 bits per heavy atom. The third kappa shape index (κ3) is 6.26. The molecule has 7 heteroatoms. The van der Waals surface area contributed by atoms with Crippen LogP contribution in [0.5, 0.6) is 5.75 Å². The summed E-state index contributed by atoms with van der Waals surface area (Å²) in [5, 5.41) is 2.84. The van der Waals surface area contributed by atoms with Crippen molar-refractivity contribution in [3.05, 3.63) is 30.1 Å². The van der Waals surface area contributed by atoms with E-state index in [1.807, 2.05) is 0 Å². The predicted molar refractivity (Wildman–Crippen MR) is 95.0 cm³/mol. The van der Waals surface area contributed by atoms with Gasteiger partial charge in [0.05, 0.1) is 13.1 Å². The van der Waals surface area contributed by atoms with Gasteiger partial charge in [0.15, 0.2) is 0 Å². The van der Waals surface area contributed by atoms with Crippen molar-refractivity contribution in [3.63, 3.8) is 0 Å². The Labute approximate surface area is 149 Å². The number of nitrogens with one attached hydrogen (secondary N) is 1. The minimum atomic E-state index is -0.296. The van der Waals surface area contributed by atoms with Crippen LogP contribution in [0.4, 0.5) is 4.39 Å². The second-order valence-corrected chi connectivity index (χ2v) is 6.75. The Morgan fingerprint density at radius 2 is 2.08 bits per heavy atom. The van der Waals surface area contributed by atoms with Gasteiger partial charge in [0.2, 0.25) is 5.91 Å². The number of amides is 1. The van der Waals surface area contributed by atoms with Crippen LogP contribution in [0.1, 0.15) is 20.3 Å². The van der Waals surface area contributed by atoms with Crippen LogP contribution in [0.2, 0.25) is 0 Å². The molecule has 136 valence electrons. The molecule has 1 aromatic carbocycles. The molecule has 1 fully saturated rings. The zero-order valence-electron chi connectivity index (χ0n) is 14.3. The zero-order valence-corrected chi connectivity index (χ0v) is 15.1. The molecule has 1 amide bonds. The molecule has 0 spiro atoms. The molecule has 1 unspecified atom stereocenters. The van der Waals surface area contributed by atoms with Crippen LogP contribution in [0, 0.1) is 11.2 Å². The Bertz CT molecular complexity index is 525. The van der Waals surface area contributed by atoms with E-state index in [0.717, 1.165) is 19.5 Å². The number of halogens is 2. The van der Waals surface area contributed by atoms with Gasteiger partial charge in [-0.25, -0.2) is 4.39 Å². The lowest BCUT2D eigenvalue weighted by atomic mass is 9.80. The summed E-state index contributed by atoms with van der Waals surface area (Å²) < 4.78 is 18.2. The van der Waals surface area contributed by atoms with Crippen LogP contribution >= 0.6 is 12.4 Å². The fraction of sp³-hybridized carbons (Fsp3) is 0.588. The number of hydrogen-bond acceptors (Lipinski definition) is 4. The molecule has 1 aliphatic heterocycles. The number of piperidine rings is 1. The summed E-state index contributed by atoms with van der Waals surface area (Å²) in [5.74, 6) is 0.279. The van der Waals surface area contributed by atoms with Crippen molar-refractivity contribution in [3.8, 4) is 5.75 Å². The van der Waals surface area contributed by atoms with Gasteiger partial charge in [-0.3, -0.25) is 9.69 Å². The Hall–Kier alpha value is -1.37. The largest absolute Gasteiger partial charge is 0.492 e. The van der Waals surface area contributed by atoms with Crippen molar-refractivity contribution in [2.45, 2.75) is 26.3 Å². The van der Waals surface area contributed by atoms with Gasteiger partial charge in [0.25, 0.3) is 0 Å². The molecule has 1 saturated heterocycles. The molecule has 1 atom stereocenters. The van der Waals surface area contributed by atoms with E-state index in [9.17, 15) is 9.18 Å². The van der Waals surface area contributed by atoms with Crippen LogP contribution < -0.4 is 15.8 Å². The molecule has 0 radical (unpaired) electrons. The van der Waals surface area contributed by atoms with Gasteiger partial charge in [0.1, 0.15) is 18.2 Å². The topological polar surface area (TPSA) is 67.6 Å². The molecule has 1 aliphatic rings. The van der Waals surface area contributed by atoms with E-state index >= 15 is 0 Å². The van der Waals surface area contributed by atoms with Crippen LogP contribution in [0.15, 0.2) is 24.3 Å². The van der Waals surface area contributed by atoms with Crippen molar-refractivity contribution < 1.29 is 13.9 Å². The predicted octanol–water partition coefficient (Wildman–Crippen LogP) is 1.80. The van der Waals surface area contributed by atoms with E-state index in [-0.39, 0.29) is 35.6 Å². The highest BCUT2D eigenvalue weighted by atomic mass is 35.5. The van der Waals surface area contributed by atoms with E-state index in [4.69, 9.17) is 10.5 Å². The number of benzene rings is 1. The Kier molecular flexibility index (Phi) is 7.93. The number of carbonyl (C=O) groups excluding carboxylic acids is 1. The summed E-state index contributed by atoms with van der Waals surface area (Å²) >= 11 is 0. The number of ether oxygens (including phenoxy) is 1. The lowest BCUT2D eigenvalue weighted by molar-refractivity contribution is -0.123. The first-order chi connectivity index (χ1) is 10.9. The minimum absolute atomic E-state index is 0. The van der Waals surface area contributed by atoms with E-state index in [2.05, 4.69) is 24.1 Å². The molecule has 3 N–H and O–H groups in total. The van der Waals surface area contributed by atoms with Gasteiger partial charge < -0.3 is 15.8 Å². The lowest BCUT2D eigenvalue weighted by Crippen LogP contribution is -2.54. The fourth-order valence-corrected chi connectivity index (χ4v) is 2.77. The lowest BCUT2D eigenvalue weighted by Gasteiger charge is -2.42. The Balaban J connectivity index is 0.00000288. The molecule has 0 aliphatic carbocycles. The quantitative estimate of drug-likeness (QED) is 0.760. The normalized spacial score (nSPS) is 20.1. The van der Waals surface area contributed by atoms with Gasteiger partial charge in [-0.1, -0.05) is 13.8 Å². The van der Waals surface area contributed by atoms with Crippen molar-refractivity contribution in [1.29, 1.82) is 0 Å². The molecule has 0 saturated carbocycles. The average Bonchev–Trinajstić information content (AvgIpc) is 2.49. The van der Waals surface area contributed by atoms with Crippen LogP contribution in [-0.2, 0) is 4.79 Å². The third-order valence-corrected chi connectivity index (χ3v) is 4.27. The summed E-state index contributed by atoms with van der Waals surface area (Å²) in [6.07, 6.45) is 0.911. The third-order valence-electron chi connectivity index (χ3n) is 4.27. The van der Waals surface area contributed by atoms with Gasteiger partial charge in [-0.05, 0) is 36.1 Å². The summed E-state index contributed by atoms with van der Waals surface area (Å²) in [6, 6.07) is 6.01. The van der Waals surface area contributed by atoms with E-state index in [0.29, 0.717) is 25.4 Å². The van der Waals surface area contributed by atoms with Crippen LogP contribution in [0.25, 0.3) is 0 Å². The Morgan fingerprint density at radius 3 is 2.71 bits per heavy atom. The molecular weight excluding hydrogens is 333 g/mol. The molecule has 5 nitrogen and oxygen atoms in total. The van der Waals surface area contributed by atoms with Crippen molar-refractivity contribution in [1.82, 2.24) is 10.2 Å².